The fourth-order valence-corrected chi connectivity index (χ4v) is 1.75. The van der Waals surface area contributed by atoms with Crippen LogP contribution in [0.15, 0.2) is 12.1 Å². The maximum atomic E-state index is 13.8. The first-order valence-electron chi connectivity index (χ1n) is 5.78. The molecular weight excluding hydrogens is 224 g/mol. The average Bonchev–Trinajstić information content (AvgIpc) is 2.24. The third-order valence-corrected chi connectivity index (χ3v) is 2.72. The Morgan fingerprint density at radius 1 is 1.35 bits per heavy atom. The summed E-state index contributed by atoms with van der Waals surface area (Å²) >= 11 is 0. The molecule has 2 nitrogen and oxygen atoms in total. The zero-order valence-electron chi connectivity index (χ0n) is 10.5. The van der Waals surface area contributed by atoms with Crippen molar-refractivity contribution in [3.05, 3.63) is 34.9 Å². The van der Waals surface area contributed by atoms with Crippen LogP contribution in [0.2, 0.25) is 0 Å². The van der Waals surface area contributed by atoms with Gasteiger partial charge < -0.3 is 10.4 Å². The van der Waals surface area contributed by atoms with E-state index in [4.69, 9.17) is 0 Å². The highest BCUT2D eigenvalue weighted by Crippen LogP contribution is 2.27. The van der Waals surface area contributed by atoms with Crippen molar-refractivity contribution in [2.75, 3.05) is 13.1 Å². The molecule has 2 N–H and O–H groups in total. The van der Waals surface area contributed by atoms with E-state index in [2.05, 4.69) is 5.32 Å². The normalized spacial score (nSPS) is 14.7. The minimum atomic E-state index is -1.55. The third kappa shape index (κ3) is 3.23. The van der Waals surface area contributed by atoms with Crippen LogP contribution in [0.3, 0.4) is 0 Å². The Kier molecular flexibility index (Phi) is 4.60. The van der Waals surface area contributed by atoms with Crippen LogP contribution in [0.1, 0.15) is 31.4 Å². The summed E-state index contributed by atoms with van der Waals surface area (Å²) in [5, 5.41) is 13.1. The zero-order valence-corrected chi connectivity index (χ0v) is 10.5. The van der Waals surface area contributed by atoms with Gasteiger partial charge in [0.2, 0.25) is 0 Å². The maximum absolute atomic E-state index is 13.8. The van der Waals surface area contributed by atoms with Crippen LogP contribution in [0.25, 0.3) is 0 Å². The molecule has 0 amide bonds. The number of rotatable bonds is 5. The van der Waals surface area contributed by atoms with Crippen molar-refractivity contribution in [1.29, 1.82) is 0 Å². The van der Waals surface area contributed by atoms with Gasteiger partial charge in [-0.05, 0) is 38.4 Å². The van der Waals surface area contributed by atoms with Crippen molar-refractivity contribution in [3.8, 4) is 0 Å². The fourth-order valence-electron chi connectivity index (χ4n) is 1.75. The Bertz CT molecular complexity index is 391. The van der Waals surface area contributed by atoms with Gasteiger partial charge in [-0.3, -0.25) is 0 Å². The van der Waals surface area contributed by atoms with Gasteiger partial charge in [-0.1, -0.05) is 13.0 Å². The summed E-state index contributed by atoms with van der Waals surface area (Å²) in [5.41, 5.74) is -1.48. The quantitative estimate of drug-likeness (QED) is 0.779. The summed E-state index contributed by atoms with van der Waals surface area (Å²) in [6, 6.07) is 2.55. The van der Waals surface area contributed by atoms with Crippen LogP contribution in [0.4, 0.5) is 8.78 Å². The second kappa shape index (κ2) is 5.56. The first kappa shape index (κ1) is 14.1. The molecule has 0 aliphatic carbocycles. The number of benzene rings is 1. The third-order valence-electron chi connectivity index (χ3n) is 2.72. The van der Waals surface area contributed by atoms with Crippen molar-refractivity contribution in [2.45, 2.75) is 32.8 Å². The van der Waals surface area contributed by atoms with Gasteiger partial charge in [0.15, 0.2) is 0 Å². The van der Waals surface area contributed by atoms with Crippen LogP contribution >= 0.6 is 0 Å². The summed E-state index contributed by atoms with van der Waals surface area (Å²) in [4.78, 5) is 0. The summed E-state index contributed by atoms with van der Waals surface area (Å²) in [6.07, 6.45) is 0.898. The second-order valence-electron chi connectivity index (χ2n) is 4.50. The second-order valence-corrected chi connectivity index (χ2v) is 4.50. The Labute approximate surface area is 101 Å². The molecule has 1 aromatic rings. The molecule has 4 heteroatoms. The largest absolute Gasteiger partial charge is 0.384 e. The lowest BCUT2D eigenvalue weighted by Gasteiger charge is -2.25. The van der Waals surface area contributed by atoms with E-state index in [1.54, 1.807) is 6.92 Å². The topological polar surface area (TPSA) is 32.3 Å². The van der Waals surface area contributed by atoms with Crippen LogP contribution < -0.4 is 5.32 Å². The van der Waals surface area contributed by atoms with Gasteiger partial charge in [0.1, 0.15) is 17.2 Å². The molecule has 0 saturated heterocycles. The molecule has 0 spiro atoms. The molecule has 0 heterocycles. The molecule has 1 aromatic carbocycles. The first-order valence-corrected chi connectivity index (χ1v) is 5.78. The van der Waals surface area contributed by atoms with E-state index in [0.29, 0.717) is 12.1 Å². The Balaban J connectivity index is 3.01. The van der Waals surface area contributed by atoms with Crippen molar-refractivity contribution in [1.82, 2.24) is 5.32 Å². The van der Waals surface area contributed by atoms with E-state index in [0.717, 1.165) is 6.42 Å². The Morgan fingerprint density at radius 2 is 2.00 bits per heavy atom. The minimum Gasteiger partial charge on any atom is -0.384 e. The van der Waals surface area contributed by atoms with Crippen molar-refractivity contribution in [2.24, 2.45) is 0 Å². The van der Waals surface area contributed by atoms with Crippen LogP contribution in [0.5, 0.6) is 0 Å². The van der Waals surface area contributed by atoms with Gasteiger partial charge >= 0.3 is 0 Å². The van der Waals surface area contributed by atoms with Crippen LogP contribution in [-0.4, -0.2) is 18.2 Å². The van der Waals surface area contributed by atoms with Gasteiger partial charge in [0.05, 0.1) is 5.56 Å². The predicted molar refractivity (Wildman–Crippen MR) is 63.8 cm³/mol. The molecule has 1 unspecified atom stereocenters. The number of nitrogens with one attached hydrogen (secondary N) is 1. The average molecular weight is 243 g/mol. The van der Waals surface area contributed by atoms with Crippen molar-refractivity contribution < 1.29 is 13.9 Å². The van der Waals surface area contributed by atoms with Gasteiger partial charge in [0, 0.05) is 6.54 Å². The Morgan fingerprint density at radius 3 is 2.59 bits per heavy atom. The van der Waals surface area contributed by atoms with E-state index in [9.17, 15) is 13.9 Å². The number of hydrogen-bond acceptors (Lipinski definition) is 2. The minimum absolute atomic E-state index is 0.123. The van der Waals surface area contributed by atoms with Crippen molar-refractivity contribution >= 4 is 0 Å². The number of hydrogen-bond donors (Lipinski definition) is 2. The molecule has 0 saturated carbocycles. The summed E-state index contributed by atoms with van der Waals surface area (Å²) in [7, 11) is 0. The molecule has 0 radical (unpaired) electrons. The monoisotopic (exact) mass is 243 g/mol. The Hall–Kier alpha value is -1.00. The standard InChI is InChI=1S/C13H19F2NO/c1-4-7-16-8-13(3,17)11-10(14)6-5-9(2)12(11)15/h5-6,16-17H,4,7-8H2,1-3H3. The highest BCUT2D eigenvalue weighted by atomic mass is 19.1. The number of halogens is 2. The van der Waals surface area contributed by atoms with Crippen molar-refractivity contribution in [3.63, 3.8) is 0 Å². The lowest BCUT2D eigenvalue weighted by Crippen LogP contribution is -2.37. The first-order chi connectivity index (χ1) is 7.90. The molecule has 0 bridgehead atoms. The number of aliphatic hydroxyl groups is 1. The molecule has 96 valence electrons. The van der Waals surface area contributed by atoms with Gasteiger partial charge in [-0.15, -0.1) is 0 Å². The maximum Gasteiger partial charge on any atom is 0.135 e. The van der Waals surface area contributed by atoms with Crippen LogP contribution in [0, 0.1) is 18.6 Å². The zero-order chi connectivity index (χ0) is 13.1. The summed E-state index contributed by atoms with van der Waals surface area (Å²) < 4.78 is 27.4. The highest BCUT2D eigenvalue weighted by Gasteiger charge is 2.30. The molecule has 0 aliphatic rings. The molecule has 17 heavy (non-hydrogen) atoms. The summed E-state index contributed by atoms with van der Waals surface area (Å²) in [6.45, 7) is 5.77. The molecule has 1 rings (SSSR count). The van der Waals surface area contributed by atoms with E-state index in [1.165, 1.54) is 19.1 Å². The van der Waals surface area contributed by atoms with Crippen LogP contribution in [-0.2, 0) is 5.60 Å². The van der Waals surface area contributed by atoms with E-state index >= 15 is 0 Å². The van der Waals surface area contributed by atoms with Gasteiger partial charge in [-0.2, -0.15) is 0 Å². The summed E-state index contributed by atoms with van der Waals surface area (Å²) in [5.74, 6) is -1.38. The number of aryl methyl sites for hydroxylation is 1. The van der Waals surface area contributed by atoms with E-state index < -0.39 is 17.2 Å². The predicted octanol–water partition coefficient (Wildman–Crippen LogP) is 2.48. The van der Waals surface area contributed by atoms with Gasteiger partial charge in [0.25, 0.3) is 0 Å². The molecule has 0 aliphatic heterocycles. The lowest BCUT2D eigenvalue weighted by atomic mass is 9.93. The molecule has 0 aromatic heterocycles. The molecule has 0 fully saturated rings. The molecule has 1 atom stereocenters. The SMILES string of the molecule is CCCNCC(C)(O)c1c(F)ccc(C)c1F. The fraction of sp³-hybridized carbons (Fsp3) is 0.538. The highest BCUT2D eigenvalue weighted by molar-refractivity contribution is 5.31. The molecular formula is C13H19F2NO. The van der Waals surface area contributed by atoms with Gasteiger partial charge in [-0.25, -0.2) is 8.78 Å². The van der Waals surface area contributed by atoms with E-state index in [1.807, 2.05) is 6.92 Å². The van der Waals surface area contributed by atoms with E-state index in [-0.39, 0.29) is 12.1 Å². The smallest absolute Gasteiger partial charge is 0.135 e. The lowest BCUT2D eigenvalue weighted by molar-refractivity contribution is 0.0494.